The van der Waals surface area contributed by atoms with E-state index in [-0.39, 0.29) is 0 Å². The van der Waals surface area contributed by atoms with Crippen molar-refractivity contribution in [3.63, 3.8) is 0 Å². The first-order chi connectivity index (χ1) is 12.6. The average Bonchev–Trinajstić information content (AvgIpc) is 2.59. The van der Waals surface area contributed by atoms with E-state index in [2.05, 4.69) is 6.92 Å². The highest BCUT2D eigenvalue weighted by Gasteiger charge is 2.19. The van der Waals surface area contributed by atoms with E-state index < -0.39 is 6.00 Å². The van der Waals surface area contributed by atoms with Crippen LogP contribution < -0.4 is 0 Å². The van der Waals surface area contributed by atoms with Crippen LogP contribution in [0.4, 0.5) is 0 Å². The van der Waals surface area contributed by atoms with Gasteiger partial charge in [-0.15, -0.1) is 33.2 Å². The molecule has 0 N–H and O–H groups in total. The standard InChI is InChI=1S/C22H43Cl3Si/c1-2-3-4-5-6-7-8-9-10-11-12-13-14-15-16-17-18-19-20-21-22-26(23,24)25/h21-22H,2-20H2,1H3. The van der Waals surface area contributed by atoms with Gasteiger partial charge in [-0.25, -0.2) is 0 Å². The van der Waals surface area contributed by atoms with Crippen LogP contribution in [0, 0.1) is 0 Å². The molecule has 0 saturated carbocycles. The fraction of sp³-hybridized carbons (Fsp3) is 0.909. The van der Waals surface area contributed by atoms with Crippen LogP contribution in [-0.4, -0.2) is 6.00 Å². The predicted molar refractivity (Wildman–Crippen MR) is 126 cm³/mol. The Morgan fingerprint density at radius 3 is 1.12 bits per heavy atom. The van der Waals surface area contributed by atoms with E-state index in [0.717, 1.165) is 6.42 Å². The van der Waals surface area contributed by atoms with Crippen LogP contribution in [0.25, 0.3) is 0 Å². The molecule has 0 aromatic carbocycles. The second-order valence-electron chi connectivity index (χ2n) is 7.74. The minimum atomic E-state index is -2.53. The lowest BCUT2D eigenvalue weighted by atomic mass is 10.0. The zero-order valence-electron chi connectivity index (χ0n) is 17.2. The normalized spacial score (nSPS) is 12.3. The lowest BCUT2D eigenvalue weighted by molar-refractivity contribution is 0.525. The molecular weight excluding hydrogens is 399 g/mol. The first-order valence-electron chi connectivity index (χ1n) is 11.3. The van der Waals surface area contributed by atoms with E-state index in [9.17, 15) is 0 Å². The van der Waals surface area contributed by atoms with E-state index in [1.807, 2.05) is 6.08 Å². The smallest absolute Gasteiger partial charge is 0.121 e. The zero-order valence-corrected chi connectivity index (χ0v) is 20.5. The van der Waals surface area contributed by atoms with Crippen LogP contribution >= 0.6 is 33.2 Å². The van der Waals surface area contributed by atoms with Gasteiger partial charge in [0, 0.05) is 0 Å². The average molecular weight is 442 g/mol. The monoisotopic (exact) mass is 440 g/mol. The molecular formula is C22H43Cl3Si. The molecule has 26 heavy (non-hydrogen) atoms. The Hall–Kier alpha value is 0.827. The second kappa shape index (κ2) is 20.6. The summed E-state index contributed by atoms with van der Waals surface area (Å²) in [6.07, 6.45) is 28.6. The number of rotatable bonds is 20. The summed E-state index contributed by atoms with van der Waals surface area (Å²) in [4.78, 5) is 0. The van der Waals surface area contributed by atoms with Crippen molar-refractivity contribution in [2.24, 2.45) is 0 Å². The maximum absolute atomic E-state index is 5.80. The van der Waals surface area contributed by atoms with Gasteiger partial charge in [0.1, 0.15) is 0 Å². The Balaban J connectivity index is 3.06. The zero-order chi connectivity index (χ0) is 19.3. The molecule has 0 atom stereocenters. The molecule has 0 amide bonds. The minimum Gasteiger partial charge on any atom is -0.121 e. The van der Waals surface area contributed by atoms with Gasteiger partial charge < -0.3 is 0 Å². The molecule has 0 nitrogen and oxygen atoms in total. The van der Waals surface area contributed by atoms with Gasteiger partial charge in [-0.1, -0.05) is 128 Å². The third kappa shape index (κ3) is 24.8. The van der Waals surface area contributed by atoms with Crippen molar-refractivity contribution in [1.82, 2.24) is 0 Å². The summed E-state index contributed by atoms with van der Waals surface area (Å²) < 4.78 is 0. The Kier molecular flexibility index (Phi) is 21.2. The number of allylic oxidation sites excluding steroid dienone is 1. The van der Waals surface area contributed by atoms with Gasteiger partial charge in [0.15, 0.2) is 0 Å². The first-order valence-corrected chi connectivity index (χ1v) is 16.4. The van der Waals surface area contributed by atoms with Crippen LogP contribution in [0.5, 0.6) is 0 Å². The summed E-state index contributed by atoms with van der Waals surface area (Å²) in [6.45, 7) is 2.29. The molecule has 0 aromatic rings. The van der Waals surface area contributed by atoms with Crippen LogP contribution in [-0.2, 0) is 0 Å². The van der Waals surface area contributed by atoms with E-state index in [4.69, 9.17) is 33.2 Å². The summed E-state index contributed by atoms with van der Waals surface area (Å²) in [5, 5.41) is 0. The highest BCUT2D eigenvalue weighted by molar-refractivity contribution is 7.66. The maximum atomic E-state index is 5.80. The topological polar surface area (TPSA) is 0 Å². The molecule has 0 fully saturated rings. The quantitative estimate of drug-likeness (QED) is 0.100. The van der Waals surface area contributed by atoms with Crippen molar-refractivity contribution < 1.29 is 0 Å². The molecule has 0 heterocycles. The van der Waals surface area contributed by atoms with Crippen molar-refractivity contribution in [3.05, 3.63) is 11.8 Å². The fourth-order valence-electron chi connectivity index (χ4n) is 3.38. The minimum absolute atomic E-state index is 1.06. The Labute approximate surface area is 179 Å². The Morgan fingerprint density at radius 2 is 0.808 bits per heavy atom. The molecule has 0 spiro atoms. The van der Waals surface area contributed by atoms with Gasteiger partial charge >= 0.3 is 6.00 Å². The van der Waals surface area contributed by atoms with E-state index in [1.54, 1.807) is 5.70 Å². The van der Waals surface area contributed by atoms with Gasteiger partial charge in [-0.3, -0.25) is 0 Å². The number of halogens is 3. The van der Waals surface area contributed by atoms with Crippen molar-refractivity contribution in [2.45, 2.75) is 129 Å². The molecule has 0 rings (SSSR count). The Bertz CT molecular complexity index is 300. The fourth-order valence-corrected chi connectivity index (χ4v) is 4.62. The molecule has 0 aliphatic rings. The van der Waals surface area contributed by atoms with Crippen LogP contribution in [0.3, 0.4) is 0 Å². The summed E-state index contributed by atoms with van der Waals surface area (Å²) >= 11 is 17.4. The molecule has 0 aliphatic carbocycles. The number of unbranched alkanes of at least 4 members (excludes halogenated alkanes) is 18. The summed E-state index contributed by atoms with van der Waals surface area (Å²) in [5.41, 5.74) is 1.80. The van der Waals surface area contributed by atoms with E-state index >= 15 is 0 Å². The second-order valence-corrected chi connectivity index (χ2v) is 16.3. The van der Waals surface area contributed by atoms with Crippen molar-refractivity contribution in [1.29, 1.82) is 0 Å². The third-order valence-electron chi connectivity index (χ3n) is 5.03. The number of hydrogen-bond donors (Lipinski definition) is 0. The SMILES string of the molecule is CCCCCCCCCCCCCCCCCCCCC=C[Si](Cl)(Cl)Cl. The van der Waals surface area contributed by atoms with Crippen LogP contribution in [0.2, 0.25) is 0 Å². The van der Waals surface area contributed by atoms with Crippen molar-refractivity contribution in [3.8, 4) is 0 Å². The van der Waals surface area contributed by atoms with E-state index in [1.165, 1.54) is 116 Å². The van der Waals surface area contributed by atoms with E-state index in [0.29, 0.717) is 0 Å². The molecule has 0 radical (unpaired) electrons. The lowest BCUT2D eigenvalue weighted by Gasteiger charge is -2.03. The molecule has 0 aliphatic heterocycles. The first kappa shape index (κ1) is 26.8. The van der Waals surface area contributed by atoms with Gasteiger partial charge in [0.25, 0.3) is 0 Å². The summed E-state index contributed by atoms with van der Waals surface area (Å²) in [6, 6.07) is -2.53. The molecule has 0 unspecified atom stereocenters. The Morgan fingerprint density at radius 1 is 0.500 bits per heavy atom. The van der Waals surface area contributed by atoms with Gasteiger partial charge in [0.2, 0.25) is 0 Å². The summed E-state index contributed by atoms with van der Waals surface area (Å²) in [5.74, 6) is 0. The number of hydrogen-bond acceptors (Lipinski definition) is 0. The molecule has 156 valence electrons. The third-order valence-corrected chi connectivity index (χ3v) is 6.78. The maximum Gasteiger partial charge on any atom is 0.365 e. The summed E-state index contributed by atoms with van der Waals surface area (Å²) in [7, 11) is 0. The molecule has 0 aromatic heterocycles. The van der Waals surface area contributed by atoms with Crippen LogP contribution in [0.1, 0.15) is 129 Å². The van der Waals surface area contributed by atoms with Crippen LogP contribution in [0.15, 0.2) is 11.8 Å². The largest absolute Gasteiger partial charge is 0.365 e. The van der Waals surface area contributed by atoms with Crippen molar-refractivity contribution in [2.75, 3.05) is 0 Å². The van der Waals surface area contributed by atoms with Gasteiger partial charge in [-0.2, -0.15) is 0 Å². The molecule has 4 heteroatoms. The molecule has 0 bridgehead atoms. The van der Waals surface area contributed by atoms with Gasteiger partial charge in [0.05, 0.1) is 0 Å². The highest BCUT2D eigenvalue weighted by atomic mass is 35.8. The highest BCUT2D eigenvalue weighted by Crippen LogP contribution is 2.21. The van der Waals surface area contributed by atoms with Crippen molar-refractivity contribution >= 4 is 39.2 Å². The molecule has 0 saturated heterocycles. The predicted octanol–water partition coefficient (Wildman–Crippen LogP) is 10.2. The van der Waals surface area contributed by atoms with Gasteiger partial charge in [-0.05, 0) is 12.8 Å². The lowest BCUT2D eigenvalue weighted by Crippen LogP contribution is -2.02.